The van der Waals surface area contributed by atoms with Crippen LogP contribution in [0.25, 0.3) is 6.08 Å². The summed E-state index contributed by atoms with van der Waals surface area (Å²) in [5.41, 5.74) is 9.94. The first kappa shape index (κ1) is 11.2. The Hall–Kier alpha value is -2.30. The number of nitrogens with zero attached hydrogens (tertiary/aromatic N) is 1. The van der Waals surface area contributed by atoms with E-state index < -0.39 is 0 Å². The molecule has 17 heavy (non-hydrogen) atoms. The van der Waals surface area contributed by atoms with Crippen LogP contribution in [-0.2, 0) is 9.53 Å². The smallest absolute Gasteiger partial charge is 0.277 e. The zero-order valence-electron chi connectivity index (χ0n) is 9.43. The molecular weight excluding hydrogens is 218 g/mol. The molecule has 0 saturated heterocycles. The SMILES string of the molecule is CCOC1=NNC(=O)/C1=C\c1ccc(N)cc1. The summed E-state index contributed by atoms with van der Waals surface area (Å²) in [4.78, 5) is 11.5. The van der Waals surface area contributed by atoms with Gasteiger partial charge >= 0.3 is 0 Å². The lowest BCUT2D eigenvalue weighted by atomic mass is 10.1. The first-order chi connectivity index (χ1) is 8.20. The number of hydrogen-bond donors (Lipinski definition) is 2. The molecule has 1 amide bonds. The Balaban J connectivity index is 2.28. The van der Waals surface area contributed by atoms with Crippen molar-refractivity contribution in [3.05, 3.63) is 35.4 Å². The molecule has 1 aliphatic rings. The zero-order chi connectivity index (χ0) is 12.3. The molecule has 0 aromatic heterocycles. The van der Waals surface area contributed by atoms with Crippen LogP contribution in [0.1, 0.15) is 12.5 Å². The standard InChI is InChI=1S/C12H13N3O2/c1-2-17-12-10(11(16)14-15-12)7-8-3-5-9(13)6-4-8/h3-7H,2,13H2,1H3,(H,14,16)/b10-7+. The second-order valence-corrected chi connectivity index (χ2v) is 3.52. The van der Waals surface area contributed by atoms with Gasteiger partial charge in [0, 0.05) is 5.69 Å². The number of carbonyl (C=O) groups is 1. The number of anilines is 1. The topological polar surface area (TPSA) is 76.7 Å². The summed E-state index contributed by atoms with van der Waals surface area (Å²) in [5, 5.41) is 3.80. The lowest BCUT2D eigenvalue weighted by molar-refractivity contribution is -0.116. The van der Waals surface area contributed by atoms with Crippen LogP contribution in [-0.4, -0.2) is 18.4 Å². The van der Waals surface area contributed by atoms with E-state index >= 15 is 0 Å². The molecule has 0 fully saturated rings. The van der Waals surface area contributed by atoms with Gasteiger partial charge in [-0.2, -0.15) is 0 Å². The summed E-state index contributed by atoms with van der Waals surface area (Å²) in [6.07, 6.45) is 1.72. The molecule has 0 atom stereocenters. The quantitative estimate of drug-likeness (QED) is 0.591. The van der Waals surface area contributed by atoms with Gasteiger partial charge in [0.2, 0.25) is 5.90 Å². The van der Waals surface area contributed by atoms with Crippen molar-refractivity contribution in [3.8, 4) is 0 Å². The Morgan fingerprint density at radius 1 is 1.41 bits per heavy atom. The van der Waals surface area contributed by atoms with Gasteiger partial charge in [-0.05, 0) is 30.7 Å². The molecule has 1 aromatic rings. The summed E-state index contributed by atoms with van der Waals surface area (Å²) in [7, 11) is 0. The van der Waals surface area contributed by atoms with E-state index in [1.165, 1.54) is 0 Å². The monoisotopic (exact) mass is 231 g/mol. The molecule has 0 bridgehead atoms. The second-order valence-electron chi connectivity index (χ2n) is 3.52. The van der Waals surface area contributed by atoms with Crippen molar-refractivity contribution in [2.75, 3.05) is 12.3 Å². The molecule has 0 radical (unpaired) electrons. The average Bonchev–Trinajstić information content (AvgIpc) is 2.65. The van der Waals surface area contributed by atoms with Gasteiger partial charge in [0.15, 0.2) is 0 Å². The Kier molecular flexibility index (Phi) is 3.09. The number of benzene rings is 1. The highest BCUT2D eigenvalue weighted by Crippen LogP contribution is 2.14. The van der Waals surface area contributed by atoms with Gasteiger partial charge in [-0.3, -0.25) is 4.79 Å². The number of ether oxygens (including phenoxy) is 1. The molecule has 0 spiro atoms. The van der Waals surface area contributed by atoms with Crippen molar-refractivity contribution in [3.63, 3.8) is 0 Å². The summed E-state index contributed by atoms with van der Waals surface area (Å²) in [6.45, 7) is 2.30. The number of nitrogen functional groups attached to an aromatic ring is 1. The maximum absolute atomic E-state index is 11.5. The van der Waals surface area contributed by atoms with Crippen molar-refractivity contribution >= 4 is 23.6 Å². The summed E-state index contributed by atoms with van der Waals surface area (Å²) < 4.78 is 5.26. The van der Waals surface area contributed by atoms with Gasteiger partial charge in [0.05, 0.1) is 6.61 Å². The number of nitrogens with one attached hydrogen (secondary N) is 1. The molecule has 3 N–H and O–H groups in total. The Bertz CT molecular complexity index is 489. The molecule has 0 aliphatic carbocycles. The summed E-state index contributed by atoms with van der Waals surface area (Å²) in [5.74, 6) is 0.0691. The lowest BCUT2D eigenvalue weighted by Gasteiger charge is -2.02. The predicted octanol–water partition coefficient (Wildman–Crippen LogP) is 1.13. The zero-order valence-corrected chi connectivity index (χ0v) is 9.43. The van der Waals surface area contributed by atoms with Crippen molar-refractivity contribution in [2.24, 2.45) is 5.10 Å². The Labute approximate surface area is 99.0 Å². The van der Waals surface area contributed by atoms with E-state index in [4.69, 9.17) is 10.5 Å². The van der Waals surface area contributed by atoms with E-state index in [-0.39, 0.29) is 5.91 Å². The summed E-state index contributed by atoms with van der Waals surface area (Å²) in [6, 6.07) is 7.21. The molecule has 5 heteroatoms. The third-order valence-electron chi connectivity index (χ3n) is 2.26. The fraction of sp³-hybridized carbons (Fsp3) is 0.167. The van der Waals surface area contributed by atoms with Crippen LogP contribution in [0.4, 0.5) is 5.69 Å². The van der Waals surface area contributed by atoms with Crippen molar-refractivity contribution in [2.45, 2.75) is 6.92 Å². The maximum Gasteiger partial charge on any atom is 0.277 e. The second kappa shape index (κ2) is 4.69. The number of hydrogen-bond acceptors (Lipinski definition) is 4. The highest BCUT2D eigenvalue weighted by atomic mass is 16.5. The van der Waals surface area contributed by atoms with Crippen LogP contribution < -0.4 is 11.2 Å². The molecule has 1 heterocycles. The van der Waals surface area contributed by atoms with Crippen LogP contribution in [0.2, 0.25) is 0 Å². The summed E-state index contributed by atoms with van der Waals surface area (Å²) >= 11 is 0. The number of amides is 1. The predicted molar refractivity (Wildman–Crippen MR) is 66.0 cm³/mol. The molecule has 1 aliphatic heterocycles. The molecule has 0 unspecified atom stereocenters. The first-order valence-electron chi connectivity index (χ1n) is 5.29. The number of hydrazone groups is 1. The van der Waals surface area contributed by atoms with Gasteiger partial charge in [-0.15, -0.1) is 5.10 Å². The van der Waals surface area contributed by atoms with Gasteiger partial charge in [-0.1, -0.05) is 12.1 Å². The van der Waals surface area contributed by atoms with E-state index in [0.29, 0.717) is 23.8 Å². The minimum atomic E-state index is -0.259. The van der Waals surface area contributed by atoms with E-state index in [0.717, 1.165) is 5.56 Å². The molecular formula is C12H13N3O2. The van der Waals surface area contributed by atoms with Crippen LogP contribution in [0, 0.1) is 0 Å². The molecule has 1 aromatic carbocycles. The highest BCUT2D eigenvalue weighted by molar-refractivity contribution is 6.24. The maximum atomic E-state index is 11.5. The average molecular weight is 231 g/mol. The minimum absolute atomic E-state index is 0.259. The van der Waals surface area contributed by atoms with Crippen LogP contribution in [0.15, 0.2) is 34.9 Å². The third-order valence-corrected chi connectivity index (χ3v) is 2.26. The van der Waals surface area contributed by atoms with Crippen LogP contribution in [0.3, 0.4) is 0 Å². The van der Waals surface area contributed by atoms with Gasteiger partial charge in [0.25, 0.3) is 5.91 Å². The number of carbonyl (C=O) groups excluding carboxylic acids is 1. The van der Waals surface area contributed by atoms with Crippen LogP contribution in [0.5, 0.6) is 0 Å². The molecule has 0 saturated carbocycles. The lowest BCUT2D eigenvalue weighted by Crippen LogP contribution is -2.14. The number of rotatable bonds is 2. The molecule has 2 rings (SSSR count). The fourth-order valence-corrected chi connectivity index (χ4v) is 1.45. The van der Waals surface area contributed by atoms with E-state index in [9.17, 15) is 4.79 Å². The van der Waals surface area contributed by atoms with Crippen molar-refractivity contribution in [1.29, 1.82) is 0 Å². The first-order valence-corrected chi connectivity index (χ1v) is 5.29. The third kappa shape index (κ3) is 2.44. The van der Waals surface area contributed by atoms with Gasteiger partial charge in [-0.25, -0.2) is 5.43 Å². The van der Waals surface area contributed by atoms with Gasteiger partial charge in [0.1, 0.15) is 5.57 Å². The van der Waals surface area contributed by atoms with E-state index in [1.807, 2.05) is 19.1 Å². The Morgan fingerprint density at radius 2 is 2.12 bits per heavy atom. The molecule has 5 nitrogen and oxygen atoms in total. The Morgan fingerprint density at radius 3 is 2.76 bits per heavy atom. The van der Waals surface area contributed by atoms with Crippen molar-refractivity contribution in [1.82, 2.24) is 5.43 Å². The molecule has 88 valence electrons. The normalized spacial score (nSPS) is 16.9. The number of nitrogens with two attached hydrogens (primary N) is 1. The largest absolute Gasteiger partial charge is 0.476 e. The fourth-order valence-electron chi connectivity index (χ4n) is 1.45. The minimum Gasteiger partial charge on any atom is -0.476 e. The van der Waals surface area contributed by atoms with Crippen molar-refractivity contribution < 1.29 is 9.53 Å². The van der Waals surface area contributed by atoms with E-state index in [1.54, 1.807) is 18.2 Å². The van der Waals surface area contributed by atoms with Gasteiger partial charge < -0.3 is 10.5 Å². The van der Waals surface area contributed by atoms with E-state index in [2.05, 4.69) is 10.5 Å². The highest BCUT2D eigenvalue weighted by Gasteiger charge is 2.23. The van der Waals surface area contributed by atoms with Crippen LogP contribution >= 0.6 is 0 Å².